The maximum absolute atomic E-state index is 12.8. The van der Waals surface area contributed by atoms with Crippen LogP contribution in [0.1, 0.15) is 5.56 Å². The summed E-state index contributed by atoms with van der Waals surface area (Å²) in [7, 11) is -2.16. The minimum absolute atomic E-state index is 0.122. The number of nitrogens with zero attached hydrogens (tertiary/aromatic N) is 2. The van der Waals surface area contributed by atoms with Gasteiger partial charge in [0.2, 0.25) is 0 Å². The average molecular weight is 332 g/mol. The summed E-state index contributed by atoms with van der Waals surface area (Å²) in [4.78, 5) is 4.49. The number of methoxy groups -OCH3 is 1. The maximum atomic E-state index is 12.8. The summed E-state index contributed by atoms with van der Waals surface area (Å²) in [5.41, 5.74) is 0.650. The Kier molecular flexibility index (Phi) is 3.96. The molecule has 1 aliphatic heterocycles. The Hall–Kier alpha value is -2.54. The predicted molar refractivity (Wildman–Crippen MR) is 86.4 cm³/mol. The zero-order valence-electron chi connectivity index (χ0n) is 12.5. The number of aliphatic imine (C=N–C) groups is 1. The van der Waals surface area contributed by atoms with E-state index in [0.29, 0.717) is 30.2 Å². The van der Waals surface area contributed by atoms with Crippen LogP contribution >= 0.6 is 0 Å². The van der Waals surface area contributed by atoms with Crippen molar-refractivity contribution in [3.8, 4) is 11.5 Å². The SMILES string of the molecule is COc1ccc(S(=O)(=O)N2CCN=C2c2ccc(O)cc2)cc1. The standard InChI is InChI=1S/C16H16N2O4S/c1-22-14-6-8-15(9-7-14)23(20,21)18-11-10-17-16(18)12-2-4-13(19)5-3-12/h2-9,19H,10-11H2,1H3. The molecular formula is C16H16N2O4S. The topological polar surface area (TPSA) is 79.2 Å². The van der Waals surface area contributed by atoms with Crippen LogP contribution in [0.4, 0.5) is 0 Å². The first-order valence-electron chi connectivity index (χ1n) is 7.03. The number of benzene rings is 2. The van der Waals surface area contributed by atoms with Gasteiger partial charge in [0.05, 0.1) is 25.1 Å². The number of ether oxygens (including phenoxy) is 1. The molecule has 3 rings (SSSR count). The van der Waals surface area contributed by atoms with Crippen LogP contribution in [0.15, 0.2) is 58.4 Å². The van der Waals surface area contributed by atoms with Crippen molar-refractivity contribution >= 4 is 15.9 Å². The highest BCUT2D eigenvalue weighted by molar-refractivity contribution is 7.89. The van der Waals surface area contributed by atoms with Crippen molar-refractivity contribution in [2.75, 3.05) is 20.2 Å². The lowest BCUT2D eigenvalue weighted by molar-refractivity contribution is 0.414. The number of aromatic hydroxyl groups is 1. The maximum Gasteiger partial charge on any atom is 0.265 e. The quantitative estimate of drug-likeness (QED) is 0.927. The number of amidine groups is 1. The lowest BCUT2D eigenvalue weighted by Gasteiger charge is -2.20. The summed E-state index contributed by atoms with van der Waals surface area (Å²) in [5, 5.41) is 9.37. The van der Waals surface area contributed by atoms with Gasteiger partial charge >= 0.3 is 0 Å². The van der Waals surface area contributed by atoms with E-state index in [1.54, 1.807) is 24.3 Å². The molecule has 120 valence electrons. The normalized spacial score (nSPS) is 14.7. The first-order chi connectivity index (χ1) is 11.0. The number of hydrogen-bond donors (Lipinski definition) is 1. The molecule has 0 aliphatic carbocycles. The van der Waals surface area contributed by atoms with Gasteiger partial charge in [-0.1, -0.05) is 0 Å². The Morgan fingerprint density at radius 2 is 1.74 bits per heavy atom. The fraction of sp³-hybridized carbons (Fsp3) is 0.188. The molecule has 0 saturated heterocycles. The van der Waals surface area contributed by atoms with Crippen molar-refractivity contribution in [3.63, 3.8) is 0 Å². The molecule has 0 bridgehead atoms. The van der Waals surface area contributed by atoms with Crippen molar-refractivity contribution in [1.29, 1.82) is 0 Å². The molecule has 1 heterocycles. The molecule has 0 spiro atoms. The van der Waals surface area contributed by atoms with E-state index in [0.717, 1.165) is 0 Å². The van der Waals surface area contributed by atoms with Crippen LogP contribution in [-0.4, -0.2) is 43.9 Å². The summed E-state index contributed by atoms with van der Waals surface area (Å²) in [5.74, 6) is 1.11. The van der Waals surface area contributed by atoms with Crippen LogP contribution < -0.4 is 4.74 Å². The van der Waals surface area contributed by atoms with Gasteiger partial charge in [0.15, 0.2) is 0 Å². The molecule has 6 nitrogen and oxygen atoms in total. The molecule has 1 N–H and O–H groups in total. The lowest BCUT2D eigenvalue weighted by Crippen LogP contribution is -2.34. The number of rotatable bonds is 4. The van der Waals surface area contributed by atoms with E-state index in [1.165, 1.54) is 35.7 Å². The van der Waals surface area contributed by atoms with Crippen molar-refractivity contribution < 1.29 is 18.3 Å². The molecule has 0 saturated carbocycles. The molecule has 2 aromatic carbocycles. The van der Waals surface area contributed by atoms with Crippen molar-refractivity contribution in [1.82, 2.24) is 4.31 Å². The summed E-state index contributed by atoms with van der Waals surface area (Å²) >= 11 is 0. The molecule has 0 radical (unpaired) electrons. The first kappa shape index (κ1) is 15.4. The van der Waals surface area contributed by atoms with E-state index >= 15 is 0 Å². The minimum Gasteiger partial charge on any atom is -0.508 e. The molecule has 0 fully saturated rings. The zero-order chi connectivity index (χ0) is 16.4. The second-order valence-electron chi connectivity index (χ2n) is 5.00. The van der Waals surface area contributed by atoms with Crippen molar-refractivity contribution in [2.45, 2.75) is 4.90 Å². The number of phenolic OH excluding ortho intramolecular Hbond substituents is 1. The fourth-order valence-electron chi connectivity index (χ4n) is 2.39. The van der Waals surface area contributed by atoms with Crippen molar-refractivity contribution in [2.24, 2.45) is 4.99 Å². The lowest BCUT2D eigenvalue weighted by atomic mass is 10.2. The summed E-state index contributed by atoms with van der Waals surface area (Å²) < 4.78 is 32.0. The number of sulfonamides is 1. The monoisotopic (exact) mass is 332 g/mol. The van der Waals surface area contributed by atoms with Gasteiger partial charge in [-0.2, -0.15) is 0 Å². The van der Waals surface area contributed by atoms with Crippen molar-refractivity contribution in [3.05, 3.63) is 54.1 Å². The molecule has 0 unspecified atom stereocenters. The van der Waals surface area contributed by atoms with E-state index in [9.17, 15) is 13.5 Å². The minimum atomic E-state index is -3.69. The summed E-state index contributed by atoms with van der Waals surface area (Å²) in [6, 6.07) is 12.6. The summed E-state index contributed by atoms with van der Waals surface area (Å²) in [6.07, 6.45) is 0. The largest absolute Gasteiger partial charge is 0.508 e. The van der Waals surface area contributed by atoms with E-state index < -0.39 is 10.0 Å². The van der Waals surface area contributed by atoms with E-state index in [-0.39, 0.29) is 10.6 Å². The third-order valence-corrected chi connectivity index (χ3v) is 5.38. The summed E-state index contributed by atoms with van der Waals surface area (Å²) in [6.45, 7) is 0.705. The molecule has 0 amide bonds. The van der Waals surface area contributed by atoms with E-state index in [1.807, 2.05) is 0 Å². The van der Waals surface area contributed by atoms with Gasteiger partial charge < -0.3 is 9.84 Å². The Balaban J connectivity index is 1.95. The highest BCUT2D eigenvalue weighted by atomic mass is 32.2. The third kappa shape index (κ3) is 2.87. The number of hydrogen-bond acceptors (Lipinski definition) is 5. The third-order valence-electron chi connectivity index (χ3n) is 3.57. The Morgan fingerprint density at radius 1 is 1.09 bits per heavy atom. The molecule has 2 aromatic rings. The van der Waals surface area contributed by atoms with Crippen LogP contribution in [0, 0.1) is 0 Å². The van der Waals surface area contributed by atoms with Gasteiger partial charge in [-0.15, -0.1) is 0 Å². The molecule has 23 heavy (non-hydrogen) atoms. The molecule has 0 atom stereocenters. The van der Waals surface area contributed by atoms with Crippen LogP contribution in [-0.2, 0) is 10.0 Å². The van der Waals surface area contributed by atoms with E-state index in [2.05, 4.69) is 4.99 Å². The molecule has 0 aromatic heterocycles. The first-order valence-corrected chi connectivity index (χ1v) is 8.47. The van der Waals surface area contributed by atoms with Gasteiger partial charge in [0.25, 0.3) is 10.0 Å². The average Bonchev–Trinajstić information content (AvgIpc) is 3.06. The van der Waals surface area contributed by atoms with E-state index in [4.69, 9.17) is 4.74 Å². The van der Waals surface area contributed by atoms with Crippen LogP contribution in [0.2, 0.25) is 0 Å². The highest BCUT2D eigenvalue weighted by Gasteiger charge is 2.31. The molecule has 7 heteroatoms. The molecular weight excluding hydrogens is 316 g/mol. The number of phenols is 1. The van der Waals surface area contributed by atoms with Gasteiger partial charge in [0.1, 0.15) is 17.3 Å². The fourth-order valence-corrected chi connectivity index (χ4v) is 3.83. The Morgan fingerprint density at radius 3 is 2.35 bits per heavy atom. The second kappa shape index (κ2) is 5.92. The van der Waals surface area contributed by atoms with Gasteiger partial charge in [-0.25, -0.2) is 12.7 Å². The zero-order valence-corrected chi connectivity index (χ0v) is 13.3. The van der Waals surface area contributed by atoms with Crippen LogP contribution in [0.5, 0.6) is 11.5 Å². The van der Waals surface area contributed by atoms with Crippen LogP contribution in [0.25, 0.3) is 0 Å². The smallest absolute Gasteiger partial charge is 0.265 e. The Labute approximate surface area is 134 Å². The van der Waals surface area contributed by atoms with Gasteiger partial charge in [-0.05, 0) is 48.5 Å². The predicted octanol–water partition coefficient (Wildman–Crippen LogP) is 1.85. The molecule has 1 aliphatic rings. The van der Waals surface area contributed by atoms with Gasteiger partial charge in [0, 0.05) is 5.56 Å². The van der Waals surface area contributed by atoms with Crippen LogP contribution in [0.3, 0.4) is 0 Å². The van der Waals surface area contributed by atoms with Gasteiger partial charge in [-0.3, -0.25) is 4.99 Å². The second-order valence-corrected chi connectivity index (χ2v) is 6.87. The Bertz CT molecular complexity index is 827. The highest BCUT2D eigenvalue weighted by Crippen LogP contribution is 2.24.